The summed E-state index contributed by atoms with van der Waals surface area (Å²) >= 11 is 0. The molecule has 1 rings (SSSR count). The molecule has 0 spiro atoms. The molecule has 0 amide bonds. The maximum Gasteiger partial charge on any atom is 0.323 e. The van der Waals surface area contributed by atoms with E-state index in [1.165, 1.54) is 19.1 Å². The van der Waals surface area contributed by atoms with Crippen LogP contribution in [0.25, 0.3) is 0 Å². The molecule has 6 nitrogen and oxygen atoms in total. The van der Waals surface area contributed by atoms with Crippen LogP contribution < -0.4 is 10.5 Å². The Morgan fingerprint density at radius 3 is 2.61 bits per heavy atom. The van der Waals surface area contributed by atoms with Crippen molar-refractivity contribution in [1.29, 1.82) is 0 Å². The summed E-state index contributed by atoms with van der Waals surface area (Å²) in [5.74, 6) is -0.629. The molecule has 7 heteroatoms. The van der Waals surface area contributed by atoms with Gasteiger partial charge in [-0.3, -0.25) is 4.79 Å². The van der Waals surface area contributed by atoms with E-state index in [1.807, 2.05) is 0 Å². The molecular formula is C11H16N2O4S. The number of carbonyl (C=O) groups excluding carboxylic acids is 1. The van der Waals surface area contributed by atoms with E-state index in [9.17, 15) is 13.2 Å². The molecular weight excluding hydrogens is 256 g/mol. The quantitative estimate of drug-likeness (QED) is 0.600. The van der Waals surface area contributed by atoms with Crippen molar-refractivity contribution in [2.75, 3.05) is 12.3 Å². The molecule has 18 heavy (non-hydrogen) atoms. The average Bonchev–Trinajstić information content (AvgIpc) is 2.29. The monoisotopic (exact) mass is 272 g/mol. The summed E-state index contributed by atoms with van der Waals surface area (Å²) in [4.78, 5) is 11.3. The lowest BCUT2D eigenvalue weighted by atomic mass is 10.3. The zero-order valence-corrected chi connectivity index (χ0v) is 11.0. The number of nitrogens with one attached hydrogen (secondary N) is 1. The highest BCUT2D eigenvalue weighted by Crippen LogP contribution is 2.17. The van der Waals surface area contributed by atoms with Gasteiger partial charge in [0.25, 0.3) is 0 Å². The number of sulfonamides is 1. The Balaban J connectivity index is 2.90. The first-order valence-electron chi connectivity index (χ1n) is 5.42. The average molecular weight is 272 g/mol. The number of nitrogen functional groups attached to an aromatic ring is 1. The van der Waals surface area contributed by atoms with Crippen LogP contribution in [-0.2, 0) is 19.6 Å². The number of anilines is 1. The fraction of sp³-hybridized carbons (Fsp3) is 0.364. The molecule has 0 aliphatic carbocycles. The van der Waals surface area contributed by atoms with Crippen LogP contribution in [0.15, 0.2) is 29.2 Å². The van der Waals surface area contributed by atoms with Crippen molar-refractivity contribution < 1.29 is 17.9 Å². The summed E-state index contributed by atoms with van der Waals surface area (Å²) in [7, 11) is -3.83. The van der Waals surface area contributed by atoms with Crippen LogP contribution in [0.5, 0.6) is 0 Å². The van der Waals surface area contributed by atoms with Gasteiger partial charge in [0.05, 0.1) is 12.3 Å². The first kappa shape index (κ1) is 14.5. The normalized spacial score (nSPS) is 13.0. The SMILES string of the molecule is CCOC(=O)C(C)NS(=O)(=O)c1ccccc1N. The third-order valence-corrected chi connectivity index (χ3v) is 3.80. The summed E-state index contributed by atoms with van der Waals surface area (Å²) in [6.07, 6.45) is 0. The van der Waals surface area contributed by atoms with Crippen molar-refractivity contribution in [2.24, 2.45) is 0 Å². The van der Waals surface area contributed by atoms with E-state index in [2.05, 4.69) is 4.72 Å². The Hall–Kier alpha value is -1.60. The van der Waals surface area contributed by atoms with Gasteiger partial charge in [0.1, 0.15) is 10.9 Å². The highest BCUT2D eigenvalue weighted by Gasteiger charge is 2.24. The second-order valence-corrected chi connectivity index (χ2v) is 5.32. The van der Waals surface area contributed by atoms with E-state index in [1.54, 1.807) is 19.1 Å². The molecule has 0 fully saturated rings. The van der Waals surface area contributed by atoms with Crippen molar-refractivity contribution >= 4 is 21.7 Å². The minimum absolute atomic E-state index is 0.0545. The number of para-hydroxylation sites is 1. The van der Waals surface area contributed by atoms with Gasteiger partial charge in [-0.25, -0.2) is 8.42 Å². The summed E-state index contributed by atoms with van der Waals surface area (Å²) in [5.41, 5.74) is 5.71. The molecule has 1 aromatic rings. The van der Waals surface area contributed by atoms with Gasteiger partial charge in [-0.15, -0.1) is 0 Å². The number of hydrogen-bond acceptors (Lipinski definition) is 5. The topological polar surface area (TPSA) is 98.5 Å². The van der Waals surface area contributed by atoms with Crippen molar-refractivity contribution in [3.05, 3.63) is 24.3 Å². The lowest BCUT2D eigenvalue weighted by molar-refractivity contribution is -0.144. The number of carbonyl (C=O) groups is 1. The highest BCUT2D eigenvalue weighted by atomic mass is 32.2. The molecule has 0 radical (unpaired) electrons. The van der Waals surface area contributed by atoms with Crippen LogP contribution in [0.2, 0.25) is 0 Å². The molecule has 0 aromatic heterocycles. The molecule has 0 aliphatic heterocycles. The first-order chi connectivity index (χ1) is 8.38. The summed E-state index contributed by atoms with van der Waals surface area (Å²) < 4.78 is 30.9. The van der Waals surface area contributed by atoms with E-state index in [-0.39, 0.29) is 17.2 Å². The molecule has 0 aliphatic rings. The van der Waals surface area contributed by atoms with Gasteiger partial charge >= 0.3 is 5.97 Å². The van der Waals surface area contributed by atoms with Crippen LogP contribution in [0.3, 0.4) is 0 Å². The third-order valence-electron chi connectivity index (χ3n) is 2.18. The van der Waals surface area contributed by atoms with E-state index in [4.69, 9.17) is 10.5 Å². The zero-order valence-electron chi connectivity index (χ0n) is 10.2. The van der Waals surface area contributed by atoms with Crippen molar-refractivity contribution in [3.63, 3.8) is 0 Å². The van der Waals surface area contributed by atoms with Gasteiger partial charge in [0.2, 0.25) is 10.0 Å². The molecule has 3 N–H and O–H groups in total. The second kappa shape index (κ2) is 5.83. The largest absolute Gasteiger partial charge is 0.465 e. The van der Waals surface area contributed by atoms with Crippen LogP contribution in [0, 0.1) is 0 Å². The highest BCUT2D eigenvalue weighted by molar-refractivity contribution is 7.89. The van der Waals surface area contributed by atoms with Gasteiger partial charge in [0.15, 0.2) is 0 Å². The molecule has 0 saturated heterocycles. The standard InChI is InChI=1S/C11H16N2O4S/c1-3-17-11(14)8(2)13-18(15,16)10-7-5-4-6-9(10)12/h4-8,13H,3,12H2,1-2H3. The second-order valence-electron chi connectivity index (χ2n) is 3.63. The molecule has 0 heterocycles. The lowest BCUT2D eigenvalue weighted by Gasteiger charge is -2.14. The summed E-state index contributed by atoms with van der Waals surface area (Å²) in [5, 5.41) is 0. The Morgan fingerprint density at radius 1 is 1.44 bits per heavy atom. The fourth-order valence-electron chi connectivity index (χ4n) is 1.34. The van der Waals surface area contributed by atoms with Gasteiger partial charge < -0.3 is 10.5 Å². The van der Waals surface area contributed by atoms with Gasteiger partial charge in [0, 0.05) is 0 Å². The molecule has 100 valence electrons. The van der Waals surface area contributed by atoms with Crippen LogP contribution in [0.4, 0.5) is 5.69 Å². The van der Waals surface area contributed by atoms with Crippen molar-refractivity contribution in [1.82, 2.24) is 4.72 Å². The minimum Gasteiger partial charge on any atom is -0.465 e. The van der Waals surface area contributed by atoms with Crippen molar-refractivity contribution in [2.45, 2.75) is 24.8 Å². The number of rotatable bonds is 5. The number of nitrogens with two attached hydrogens (primary N) is 1. The molecule has 0 bridgehead atoms. The lowest BCUT2D eigenvalue weighted by Crippen LogP contribution is -2.39. The van der Waals surface area contributed by atoms with E-state index in [0.717, 1.165) is 0 Å². The smallest absolute Gasteiger partial charge is 0.323 e. The van der Waals surface area contributed by atoms with Crippen LogP contribution >= 0.6 is 0 Å². The Bertz CT molecular complexity index is 528. The summed E-state index contributed by atoms with van der Waals surface area (Å²) in [6, 6.07) is 5.07. The predicted octanol–water partition coefficient (Wildman–Crippen LogP) is 0.499. The maximum atomic E-state index is 12.0. The minimum atomic E-state index is -3.83. The first-order valence-corrected chi connectivity index (χ1v) is 6.90. The number of ether oxygens (including phenoxy) is 1. The molecule has 0 saturated carbocycles. The van der Waals surface area contributed by atoms with Gasteiger partial charge in [-0.1, -0.05) is 12.1 Å². The van der Waals surface area contributed by atoms with Gasteiger partial charge in [-0.05, 0) is 26.0 Å². The van der Waals surface area contributed by atoms with E-state index in [0.29, 0.717) is 0 Å². The number of hydrogen-bond donors (Lipinski definition) is 2. The van der Waals surface area contributed by atoms with Crippen molar-refractivity contribution in [3.8, 4) is 0 Å². The maximum absolute atomic E-state index is 12.0. The Kier molecular flexibility index (Phi) is 4.69. The van der Waals surface area contributed by atoms with E-state index < -0.39 is 22.0 Å². The zero-order chi connectivity index (χ0) is 13.8. The van der Waals surface area contributed by atoms with Crippen LogP contribution in [0.1, 0.15) is 13.8 Å². The number of esters is 1. The van der Waals surface area contributed by atoms with Gasteiger partial charge in [-0.2, -0.15) is 4.72 Å². The third kappa shape index (κ3) is 3.44. The fourth-order valence-corrected chi connectivity index (χ4v) is 2.66. The van der Waals surface area contributed by atoms with E-state index >= 15 is 0 Å². The molecule has 1 unspecified atom stereocenters. The Labute approximate surface area is 106 Å². The Morgan fingerprint density at radius 2 is 2.06 bits per heavy atom. The predicted molar refractivity (Wildman–Crippen MR) is 67.3 cm³/mol. The molecule has 1 aromatic carbocycles. The number of benzene rings is 1. The molecule has 1 atom stereocenters. The van der Waals surface area contributed by atoms with Crippen LogP contribution in [-0.4, -0.2) is 27.0 Å². The summed E-state index contributed by atoms with van der Waals surface area (Å²) in [6.45, 7) is 3.25.